The molecule has 3 aromatic rings. The second-order valence-corrected chi connectivity index (χ2v) is 5.69. The van der Waals surface area contributed by atoms with Crippen LogP contribution in [-0.2, 0) is 6.54 Å². The normalized spacial score (nSPS) is 12.0. The lowest BCUT2D eigenvalue weighted by atomic mass is 10.2. The molecule has 24 heavy (non-hydrogen) atoms. The first-order valence-electron chi connectivity index (χ1n) is 7.73. The van der Waals surface area contributed by atoms with E-state index in [4.69, 9.17) is 0 Å². The molecule has 1 aromatic carbocycles. The number of aromatic hydroxyl groups is 1. The Hall–Kier alpha value is -3.09. The van der Waals surface area contributed by atoms with Crippen LogP contribution in [0.15, 0.2) is 55.0 Å². The third-order valence-corrected chi connectivity index (χ3v) is 3.60. The van der Waals surface area contributed by atoms with Gasteiger partial charge in [-0.15, -0.1) is 0 Å². The number of nitrogens with one attached hydrogen (secondary N) is 1. The van der Waals surface area contributed by atoms with Crippen LogP contribution in [0.2, 0.25) is 0 Å². The van der Waals surface area contributed by atoms with E-state index in [1.54, 1.807) is 6.20 Å². The monoisotopic (exact) mass is 325 g/mol. The predicted octanol–water partition coefficient (Wildman–Crippen LogP) is 1.84. The van der Waals surface area contributed by atoms with Gasteiger partial charge in [0.1, 0.15) is 0 Å². The van der Waals surface area contributed by atoms with Crippen LogP contribution in [0, 0.1) is 5.92 Å². The molecule has 0 radical (unpaired) electrons. The minimum absolute atomic E-state index is 0.0187. The summed E-state index contributed by atoms with van der Waals surface area (Å²) in [6.07, 6.45) is 5.03. The summed E-state index contributed by atoms with van der Waals surface area (Å²) in [7, 11) is 0. The summed E-state index contributed by atoms with van der Waals surface area (Å²) in [6, 6.07) is 11.2. The lowest BCUT2D eigenvalue weighted by Crippen LogP contribution is -2.30. The van der Waals surface area contributed by atoms with Crippen molar-refractivity contribution >= 4 is 5.91 Å². The first kappa shape index (κ1) is 15.8. The third-order valence-electron chi connectivity index (χ3n) is 3.60. The topological polar surface area (TPSA) is 85.0 Å². The Balaban J connectivity index is 1.62. The van der Waals surface area contributed by atoms with Crippen molar-refractivity contribution in [2.75, 3.05) is 6.54 Å². The average molecular weight is 325 g/mol. The largest absolute Gasteiger partial charge is 0.504 e. The summed E-state index contributed by atoms with van der Waals surface area (Å²) in [5.74, 6) is -0.335. The molecule has 7 heteroatoms. The van der Waals surface area contributed by atoms with Crippen LogP contribution in [0.1, 0.15) is 17.4 Å². The maximum Gasteiger partial charge on any atom is 0.275 e. The van der Waals surface area contributed by atoms with Crippen molar-refractivity contribution in [1.29, 1.82) is 0 Å². The van der Waals surface area contributed by atoms with Crippen molar-refractivity contribution < 1.29 is 9.90 Å². The molecule has 0 spiro atoms. The molecule has 1 atom stereocenters. The maximum atomic E-state index is 12.2. The number of benzene rings is 1. The van der Waals surface area contributed by atoms with Crippen molar-refractivity contribution in [2.24, 2.45) is 5.92 Å². The number of hydrogen-bond donors (Lipinski definition) is 2. The van der Waals surface area contributed by atoms with Crippen LogP contribution in [-0.4, -0.2) is 37.1 Å². The lowest BCUT2D eigenvalue weighted by molar-refractivity contribution is 0.0938. The van der Waals surface area contributed by atoms with Gasteiger partial charge in [0.25, 0.3) is 5.91 Å². The maximum absolute atomic E-state index is 12.2. The smallest absolute Gasteiger partial charge is 0.275 e. The molecule has 0 aliphatic carbocycles. The highest BCUT2D eigenvalue weighted by Crippen LogP contribution is 2.18. The predicted molar refractivity (Wildman–Crippen MR) is 89.0 cm³/mol. The number of hydrogen-bond acceptors (Lipinski definition) is 4. The Kier molecular flexibility index (Phi) is 4.60. The number of amides is 1. The third kappa shape index (κ3) is 3.62. The number of para-hydroxylation sites is 1. The zero-order valence-electron chi connectivity index (χ0n) is 13.3. The minimum atomic E-state index is -0.394. The second-order valence-electron chi connectivity index (χ2n) is 5.69. The quantitative estimate of drug-likeness (QED) is 0.724. The number of aromatic nitrogens is 4. The highest BCUT2D eigenvalue weighted by atomic mass is 16.3. The van der Waals surface area contributed by atoms with E-state index in [-0.39, 0.29) is 17.4 Å². The summed E-state index contributed by atoms with van der Waals surface area (Å²) < 4.78 is 3.30. The van der Waals surface area contributed by atoms with Crippen molar-refractivity contribution in [3.8, 4) is 11.4 Å². The SMILES string of the molecule is C[C@H](CNC(=O)c1nn(-c2ccccc2)cc1O)Cn1cccn1. The van der Waals surface area contributed by atoms with Crippen molar-refractivity contribution in [1.82, 2.24) is 24.9 Å². The molecule has 0 aliphatic rings. The first-order valence-corrected chi connectivity index (χ1v) is 7.73. The lowest BCUT2D eigenvalue weighted by Gasteiger charge is -2.12. The molecule has 124 valence electrons. The summed E-state index contributed by atoms with van der Waals surface area (Å²) in [5, 5.41) is 21.1. The van der Waals surface area contributed by atoms with Crippen LogP contribution in [0.5, 0.6) is 5.75 Å². The Labute approximate surface area is 139 Å². The van der Waals surface area contributed by atoms with E-state index in [1.807, 2.05) is 54.2 Å². The van der Waals surface area contributed by atoms with E-state index in [9.17, 15) is 9.90 Å². The number of nitrogens with zero attached hydrogens (tertiary/aromatic N) is 4. The minimum Gasteiger partial charge on any atom is -0.504 e. The van der Waals surface area contributed by atoms with Crippen molar-refractivity contribution in [3.63, 3.8) is 0 Å². The first-order chi connectivity index (χ1) is 11.6. The fourth-order valence-corrected chi connectivity index (χ4v) is 2.38. The highest BCUT2D eigenvalue weighted by molar-refractivity contribution is 5.94. The fourth-order valence-electron chi connectivity index (χ4n) is 2.38. The van der Waals surface area contributed by atoms with Gasteiger partial charge in [-0.2, -0.15) is 10.2 Å². The molecule has 2 N–H and O–H groups in total. The van der Waals surface area contributed by atoms with E-state index in [0.717, 1.165) is 5.69 Å². The van der Waals surface area contributed by atoms with Gasteiger partial charge in [0.05, 0.1) is 11.9 Å². The highest BCUT2D eigenvalue weighted by Gasteiger charge is 2.17. The van der Waals surface area contributed by atoms with E-state index in [0.29, 0.717) is 13.1 Å². The van der Waals surface area contributed by atoms with Crippen LogP contribution >= 0.6 is 0 Å². The van der Waals surface area contributed by atoms with E-state index >= 15 is 0 Å². The van der Waals surface area contributed by atoms with Crippen LogP contribution in [0.4, 0.5) is 0 Å². The molecule has 0 saturated heterocycles. The molecule has 0 unspecified atom stereocenters. The molecule has 0 saturated carbocycles. The summed E-state index contributed by atoms with van der Waals surface area (Å²) in [4.78, 5) is 12.2. The number of carbonyl (C=O) groups is 1. The van der Waals surface area contributed by atoms with Crippen LogP contribution < -0.4 is 5.32 Å². The Morgan fingerprint density at radius 2 is 2.08 bits per heavy atom. The van der Waals surface area contributed by atoms with Gasteiger partial charge >= 0.3 is 0 Å². The van der Waals surface area contributed by atoms with Gasteiger partial charge in [-0.3, -0.25) is 9.48 Å². The molecule has 2 heterocycles. The van der Waals surface area contributed by atoms with Crippen molar-refractivity contribution in [2.45, 2.75) is 13.5 Å². The average Bonchev–Trinajstić information content (AvgIpc) is 3.23. The van der Waals surface area contributed by atoms with Gasteiger partial charge in [0, 0.05) is 25.5 Å². The van der Waals surface area contributed by atoms with Gasteiger partial charge in [0.15, 0.2) is 11.4 Å². The number of carbonyl (C=O) groups excluding carboxylic acids is 1. The van der Waals surface area contributed by atoms with Crippen LogP contribution in [0.3, 0.4) is 0 Å². The summed E-state index contributed by atoms with van der Waals surface area (Å²) in [5.41, 5.74) is 0.795. The summed E-state index contributed by atoms with van der Waals surface area (Å²) >= 11 is 0. The molecule has 7 nitrogen and oxygen atoms in total. The molecule has 1 amide bonds. The molecule has 0 fully saturated rings. The summed E-state index contributed by atoms with van der Waals surface area (Å²) in [6.45, 7) is 3.19. The van der Waals surface area contributed by atoms with Crippen molar-refractivity contribution in [3.05, 3.63) is 60.7 Å². The zero-order valence-corrected chi connectivity index (χ0v) is 13.3. The Morgan fingerprint density at radius 1 is 1.29 bits per heavy atom. The fraction of sp³-hybridized carbons (Fsp3) is 0.235. The Bertz CT molecular complexity index is 796. The molecular weight excluding hydrogens is 306 g/mol. The van der Waals surface area contributed by atoms with Gasteiger partial charge in [0.2, 0.25) is 0 Å². The van der Waals surface area contributed by atoms with Crippen LogP contribution in [0.25, 0.3) is 5.69 Å². The molecule has 2 aromatic heterocycles. The van der Waals surface area contributed by atoms with E-state index in [1.165, 1.54) is 10.9 Å². The number of rotatable bonds is 6. The second kappa shape index (κ2) is 6.99. The van der Waals surface area contributed by atoms with Gasteiger partial charge in [-0.05, 0) is 24.1 Å². The van der Waals surface area contributed by atoms with E-state index < -0.39 is 5.91 Å². The molecular formula is C17H19N5O2. The molecule has 0 aliphatic heterocycles. The zero-order chi connectivity index (χ0) is 16.9. The Morgan fingerprint density at radius 3 is 2.79 bits per heavy atom. The standard InChI is InChI=1S/C17H19N5O2/c1-13(11-21-9-5-8-19-21)10-18-17(24)16-15(23)12-22(20-16)14-6-3-2-4-7-14/h2-9,12-13,23H,10-11H2,1H3,(H,18,24)/t13-/m1/s1. The van der Waals surface area contributed by atoms with E-state index in [2.05, 4.69) is 15.5 Å². The molecule has 3 rings (SSSR count). The molecule has 0 bridgehead atoms. The van der Waals surface area contributed by atoms with Gasteiger partial charge in [-0.25, -0.2) is 4.68 Å². The van der Waals surface area contributed by atoms with Gasteiger partial charge in [-0.1, -0.05) is 25.1 Å². The van der Waals surface area contributed by atoms with Gasteiger partial charge < -0.3 is 10.4 Å².